The van der Waals surface area contributed by atoms with Crippen LogP contribution in [0, 0.1) is 17.8 Å². The number of rotatable bonds is 14. The Hall–Kier alpha value is -1.44. The Kier molecular flexibility index (Phi) is 12.0. The summed E-state index contributed by atoms with van der Waals surface area (Å²) in [5.74, 6) is 2.51. The van der Waals surface area contributed by atoms with Gasteiger partial charge in [0.05, 0.1) is 0 Å². The topological polar surface area (TPSA) is 40.5 Å². The van der Waals surface area contributed by atoms with Crippen molar-refractivity contribution in [2.45, 2.75) is 98.8 Å². The molecule has 0 bridgehead atoms. The lowest BCUT2D eigenvalue weighted by atomic mass is 9.91. The van der Waals surface area contributed by atoms with Crippen molar-refractivity contribution in [1.82, 2.24) is 0 Å². The normalized spacial score (nSPS) is 14.4. The monoisotopic (exact) mass is 388 g/mol. The van der Waals surface area contributed by atoms with Crippen LogP contribution in [0.4, 0.5) is 0 Å². The first-order valence-corrected chi connectivity index (χ1v) is 11.4. The van der Waals surface area contributed by atoms with Gasteiger partial charge < -0.3 is 10.2 Å². The molecule has 2 N–H and O–H groups in total. The van der Waals surface area contributed by atoms with Crippen LogP contribution in [0.25, 0.3) is 0 Å². The summed E-state index contributed by atoms with van der Waals surface area (Å²) in [7, 11) is 0. The molecule has 0 fully saturated rings. The van der Waals surface area contributed by atoms with Gasteiger partial charge in [-0.2, -0.15) is 0 Å². The van der Waals surface area contributed by atoms with Gasteiger partial charge in [0.2, 0.25) is 0 Å². The number of phenolic OH excluding ortho intramolecular Hbond substituents is 2. The van der Waals surface area contributed by atoms with Crippen molar-refractivity contribution in [3.05, 3.63) is 35.4 Å². The van der Waals surface area contributed by atoms with Crippen molar-refractivity contribution < 1.29 is 10.2 Å². The third-order valence-electron chi connectivity index (χ3n) is 5.91. The molecular weight excluding hydrogens is 344 g/mol. The molecule has 1 rings (SSSR count). The summed E-state index contributed by atoms with van der Waals surface area (Å²) in [5.41, 5.74) is 2.16. The Labute approximate surface area is 174 Å². The number of aromatic hydroxyl groups is 2. The molecule has 0 aromatic heterocycles. The van der Waals surface area contributed by atoms with Gasteiger partial charge in [-0.25, -0.2) is 0 Å². The molecule has 0 aliphatic carbocycles. The fourth-order valence-electron chi connectivity index (χ4n) is 3.84. The smallest absolute Gasteiger partial charge is 0.160 e. The van der Waals surface area contributed by atoms with E-state index in [1.54, 1.807) is 6.07 Å². The Bertz CT molecular complexity index is 574. The fraction of sp³-hybridized carbons (Fsp3) is 0.692. The molecule has 2 unspecified atom stereocenters. The fourth-order valence-corrected chi connectivity index (χ4v) is 3.84. The maximum atomic E-state index is 9.87. The van der Waals surface area contributed by atoms with Crippen LogP contribution in [-0.2, 0) is 6.42 Å². The third kappa shape index (κ3) is 10.8. The molecule has 0 heterocycles. The zero-order valence-corrected chi connectivity index (χ0v) is 19.0. The van der Waals surface area contributed by atoms with Gasteiger partial charge >= 0.3 is 0 Å². The minimum absolute atomic E-state index is 0.0126. The second-order valence-electron chi connectivity index (χ2n) is 9.40. The summed E-state index contributed by atoms with van der Waals surface area (Å²) in [6.07, 6.45) is 14.8. The van der Waals surface area contributed by atoms with Gasteiger partial charge in [0.15, 0.2) is 11.5 Å². The molecule has 0 saturated carbocycles. The highest BCUT2D eigenvalue weighted by Gasteiger charge is 2.07. The number of para-hydroxylation sites is 1. The van der Waals surface area contributed by atoms with Crippen molar-refractivity contribution in [3.63, 3.8) is 0 Å². The summed E-state index contributed by atoms with van der Waals surface area (Å²) in [6, 6.07) is 5.16. The van der Waals surface area contributed by atoms with E-state index in [0.717, 1.165) is 29.7 Å². The molecule has 0 amide bonds. The van der Waals surface area contributed by atoms with Crippen LogP contribution in [0.5, 0.6) is 11.5 Å². The predicted octanol–water partition coefficient (Wildman–Crippen LogP) is 8.03. The summed E-state index contributed by atoms with van der Waals surface area (Å²) in [5, 5.41) is 19.4. The maximum Gasteiger partial charge on any atom is 0.160 e. The van der Waals surface area contributed by atoms with E-state index in [0.29, 0.717) is 6.42 Å². The van der Waals surface area contributed by atoms with Gasteiger partial charge in [0.1, 0.15) is 0 Å². The van der Waals surface area contributed by atoms with Crippen LogP contribution in [0.3, 0.4) is 0 Å². The van der Waals surface area contributed by atoms with Gasteiger partial charge in [-0.15, -0.1) is 0 Å². The van der Waals surface area contributed by atoms with Crippen LogP contribution < -0.4 is 0 Å². The molecule has 2 heteroatoms. The number of phenols is 2. The quantitative estimate of drug-likeness (QED) is 0.250. The SMILES string of the molecule is C/C(=C\Cc1cccc(O)c1O)CCCC(C)CCCC(C)CCCC(C)C. The van der Waals surface area contributed by atoms with E-state index in [9.17, 15) is 10.2 Å². The second kappa shape index (κ2) is 13.7. The summed E-state index contributed by atoms with van der Waals surface area (Å²) < 4.78 is 0. The van der Waals surface area contributed by atoms with E-state index in [4.69, 9.17) is 0 Å². The standard InChI is InChI=1S/C26H44O2/c1-20(2)10-6-11-21(3)12-7-13-22(4)14-8-15-23(5)18-19-24-16-9-17-25(27)26(24)28/h9,16-18,20-22,27-28H,6-8,10-15,19H2,1-5H3/b23-18+. The maximum absolute atomic E-state index is 9.87. The van der Waals surface area contributed by atoms with Crippen LogP contribution in [0.15, 0.2) is 29.8 Å². The van der Waals surface area contributed by atoms with Crippen molar-refractivity contribution in [2.24, 2.45) is 17.8 Å². The van der Waals surface area contributed by atoms with Crippen molar-refractivity contribution in [3.8, 4) is 11.5 Å². The first-order chi connectivity index (χ1) is 13.3. The first kappa shape index (κ1) is 24.6. The summed E-state index contributed by atoms with van der Waals surface area (Å²) in [4.78, 5) is 0. The molecule has 0 saturated heterocycles. The van der Waals surface area contributed by atoms with E-state index in [-0.39, 0.29) is 11.5 Å². The second-order valence-corrected chi connectivity index (χ2v) is 9.40. The molecule has 2 atom stereocenters. The van der Waals surface area contributed by atoms with Crippen LogP contribution in [0.1, 0.15) is 98.0 Å². The van der Waals surface area contributed by atoms with Gasteiger partial charge in [-0.3, -0.25) is 0 Å². The Morgan fingerprint density at radius 3 is 2.04 bits per heavy atom. The Morgan fingerprint density at radius 1 is 0.857 bits per heavy atom. The van der Waals surface area contributed by atoms with Gasteiger partial charge in [0.25, 0.3) is 0 Å². The molecule has 1 aromatic carbocycles. The lowest BCUT2D eigenvalue weighted by Gasteiger charge is -2.15. The van der Waals surface area contributed by atoms with Gasteiger partial charge in [-0.1, -0.05) is 96.4 Å². The van der Waals surface area contributed by atoms with Crippen molar-refractivity contribution in [1.29, 1.82) is 0 Å². The first-order valence-electron chi connectivity index (χ1n) is 11.4. The van der Waals surface area contributed by atoms with E-state index in [1.165, 1.54) is 63.0 Å². The minimum atomic E-state index is -0.0355. The predicted molar refractivity (Wildman–Crippen MR) is 122 cm³/mol. The molecule has 28 heavy (non-hydrogen) atoms. The number of allylic oxidation sites excluding steroid dienone is 2. The Balaban J connectivity index is 2.16. The highest BCUT2D eigenvalue weighted by Crippen LogP contribution is 2.29. The highest BCUT2D eigenvalue weighted by atomic mass is 16.3. The number of hydrogen-bond donors (Lipinski definition) is 2. The third-order valence-corrected chi connectivity index (χ3v) is 5.91. The molecule has 0 aliphatic rings. The lowest BCUT2D eigenvalue weighted by Crippen LogP contribution is -2.00. The van der Waals surface area contributed by atoms with Gasteiger partial charge in [-0.05, 0) is 50.0 Å². The zero-order valence-electron chi connectivity index (χ0n) is 19.0. The average Bonchev–Trinajstić information content (AvgIpc) is 2.62. The van der Waals surface area contributed by atoms with Crippen LogP contribution >= 0.6 is 0 Å². The van der Waals surface area contributed by atoms with E-state index < -0.39 is 0 Å². The number of hydrogen-bond acceptors (Lipinski definition) is 2. The minimum Gasteiger partial charge on any atom is -0.504 e. The molecule has 1 aromatic rings. The Morgan fingerprint density at radius 2 is 1.43 bits per heavy atom. The van der Waals surface area contributed by atoms with Gasteiger partial charge in [0, 0.05) is 5.56 Å². The molecule has 160 valence electrons. The highest BCUT2D eigenvalue weighted by molar-refractivity contribution is 5.45. The molecule has 0 spiro atoms. The molecule has 2 nitrogen and oxygen atoms in total. The van der Waals surface area contributed by atoms with Crippen LogP contribution in [-0.4, -0.2) is 10.2 Å². The molecule has 0 radical (unpaired) electrons. The number of benzene rings is 1. The van der Waals surface area contributed by atoms with Crippen LogP contribution in [0.2, 0.25) is 0 Å². The summed E-state index contributed by atoms with van der Waals surface area (Å²) >= 11 is 0. The summed E-state index contributed by atoms with van der Waals surface area (Å²) in [6.45, 7) is 11.6. The average molecular weight is 389 g/mol. The lowest BCUT2D eigenvalue weighted by molar-refractivity contribution is 0.389. The van der Waals surface area contributed by atoms with Crippen molar-refractivity contribution in [2.75, 3.05) is 0 Å². The van der Waals surface area contributed by atoms with Crippen molar-refractivity contribution >= 4 is 0 Å². The van der Waals surface area contributed by atoms with E-state index in [2.05, 4.69) is 40.7 Å². The largest absolute Gasteiger partial charge is 0.504 e. The molecule has 0 aliphatic heterocycles. The zero-order chi connectivity index (χ0) is 20.9. The van der Waals surface area contributed by atoms with E-state index >= 15 is 0 Å². The molecular formula is C26H44O2. The van der Waals surface area contributed by atoms with E-state index in [1.807, 2.05) is 6.07 Å².